The highest BCUT2D eigenvalue weighted by atomic mass is 16.5. The van der Waals surface area contributed by atoms with E-state index in [1.807, 2.05) is 0 Å². The van der Waals surface area contributed by atoms with Crippen molar-refractivity contribution in [2.45, 2.75) is 13.8 Å². The fourth-order valence-electron chi connectivity index (χ4n) is 1.34. The highest BCUT2D eigenvalue weighted by molar-refractivity contribution is 5.99. The SMILES string of the molecule is COc1ccc(C(N)=O)cc1NC(=O)C(C)(C)CN. The van der Waals surface area contributed by atoms with Crippen LogP contribution in [0.3, 0.4) is 0 Å². The third kappa shape index (κ3) is 3.45. The van der Waals surface area contributed by atoms with Crippen LogP contribution in [-0.2, 0) is 4.79 Å². The fraction of sp³-hybridized carbons (Fsp3) is 0.385. The first-order chi connectivity index (χ1) is 8.81. The predicted octanol–water partition coefficient (Wildman–Crippen LogP) is 0.717. The van der Waals surface area contributed by atoms with Crippen LogP contribution >= 0.6 is 0 Å². The second-order valence-corrected chi connectivity index (χ2v) is 4.82. The van der Waals surface area contributed by atoms with Gasteiger partial charge >= 0.3 is 0 Å². The van der Waals surface area contributed by atoms with Crippen LogP contribution in [0.25, 0.3) is 0 Å². The second kappa shape index (κ2) is 5.71. The van der Waals surface area contributed by atoms with Gasteiger partial charge in [-0.1, -0.05) is 0 Å². The normalized spacial score (nSPS) is 10.9. The number of benzene rings is 1. The Morgan fingerprint density at radius 2 is 2.00 bits per heavy atom. The molecular formula is C13H19N3O3. The third-order valence-electron chi connectivity index (χ3n) is 2.86. The molecule has 6 nitrogen and oxygen atoms in total. The number of hydrogen-bond donors (Lipinski definition) is 3. The molecule has 0 aromatic heterocycles. The maximum absolute atomic E-state index is 12.1. The standard InChI is InChI=1S/C13H19N3O3/c1-13(2,7-14)12(18)16-9-6-8(11(15)17)4-5-10(9)19-3/h4-6H,7,14H2,1-3H3,(H2,15,17)(H,16,18). The number of nitrogens with two attached hydrogens (primary N) is 2. The molecule has 1 aromatic rings. The summed E-state index contributed by atoms with van der Waals surface area (Å²) in [4.78, 5) is 23.2. The van der Waals surface area contributed by atoms with E-state index in [-0.39, 0.29) is 12.5 Å². The first-order valence-corrected chi connectivity index (χ1v) is 5.81. The third-order valence-corrected chi connectivity index (χ3v) is 2.86. The average Bonchev–Trinajstić information content (AvgIpc) is 2.38. The number of hydrogen-bond acceptors (Lipinski definition) is 4. The first kappa shape index (κ1) is 15.0. The van der Waals surface area contributed by atoms with Crippen LogP contribution in [-0.4, -0.2) is 25.5 Å². The van der Waals surface area contributed by atoms with Crippen LogP contribution in [0, 0.1) is 5.41 Å². The Bertz CT molecular complexity index is 498. The molecule has 0 saturated heterocycles. The van der Waals surface area contributed by atoms with Crippen molar-refractivity contribution in [3.63, 3.8) is 0 Å². The molecule has 0 atom stereocenters. The lowest BCUT2D eigenvalue weighted by atomic mass is 9.92. The summed E-state index contributed by atoms with van der Waals surface area (Å²) in [6.45, 7) is 3.66. The first-order valence-electron chi connectivity index (χ1n) is 5.81. The quantitative estimate of drug-likeness (QED) is 0.729. The van der Waals surface area contributed by atoms with Gasteiger partial charge in [-0.3, -0.25) is 9.59 Å². The lowest BCUT2D eigenvalue weighted by molar-refractivity contribution is -0.123. The highest BCUT2D eigenvalue weighted by Crippen LogP contribution is 2.27. The summed E-state index contributed by atoms with van der Waals surface area (Å²) < 4.78 is 5.13. The zero-order chi connectivity index (χ0) is 14.6. The minimum atomic E-state index is -0.715. The molecule has 104 valence electrons. The molecule has 0 saturated carbocycles. The Hall–Kier alpha value is -2.08. The van der Waals surface area contributed by atoms with Gasteiger partial charge in [-0.2, -0.15) is 0 Å². The molecule has 6 heteroatoms. The molecule has 19 heavy (non-hydrogen) atoms. The topological polar surface area (TPSA) is 107 Å². The molecule has 2 amide bonds. The van der Waals surface area contributed by atoms with Crippen LogP contribution < -0.4 is 21.5 Å². The van der Waals surface area contributed by atoms with Crippen molar-refractivity contribution >= 4 is 17.5 Å². The number of anilines is 1. The molecule has 0 aliphatic carbocycles. The average molecular weight is 265 g/mol. The van der Waals surface area contributed by atoms with Gasteiger partial charge in [0.15, 0.2) is 0 Å². The summed E-state index contributed by atoms with van der Waals surface area (Å²) in [7, 11) is 1.48. The number of methoxy groups -OCH3 is 1. The Labute approximate surface area is 112 Å². The Morgan fingerprint density at radius 1 is 1.37 bits per heavy atom. The molecule has 0 bridgehead atoms. The van der Waals surface area contributed by atoms with Gasteiger partial charge in [0.2, 0.25) is 11.8 Å². The lowest BCUT2D eigenvalue weighted by Crippen LogP contribution is -2.37. The zero-order valence-corrected chi connectivity index (χ0v) is 11.3. The number of carbonyl (C=O) groups is 2. The molecule has 0 spiro atoms. The van der Waals surface area contributed by atoms with Crippen molar-refractivity contribution < 1.29 is 14.3 Å². The highest BCUT2D eigenvalue weighted by Gasteiger charge is 2.26. The predicted molar refractivity (Wildman–Crippen MR) is 73.0 cm³/mol. The van der Waals surface area contributed by atoms with Crippen molar-refractivity contribution in [2.75, 3.05) is 19.0 Å². The summed E-state index contributed by atoms with van der Waals surface area (Å²) in [6.07, 6.45) is 0. The Morgan fingerprint density at radius 3 is 2.47 bits per heavy atom. The summed E-state index contributed by atoms with van der Waals surface area (Å²) >= 11 is 0. The monoisotopic (exact) mass is 265 g/mol. The molecule has 0 fully saturated rings. The van der Waals surface area contributed by atoms with E-state index in [0.717, 1.165) is 0 Å². The van der Waals surface area contributed by atoms with E-state index in [9.17, 15) is 9.59 Å². The van der Waals surface area contributed by atoms with Crippen molar-refractivity contribution in [2.24, 2.45) is 16.9 Å². The Balaban J connectivity index is 3.08. The van der Waals surface area contributed by atoms with Crippen molar-refractivity contribution in [1.29, 1.82) is 0 Å². The van der Waals surface area contributed by atoms with E-state index in [1.165, 1.54) is 19.2 Å². The molecule has 0 heterocycles. The van der Waals surface area contributed by atoms with Gasteiger partial charge in [-0.25, -0.2) is 0 Å². The van der Waals surface area contributed by atoms with E-state index in [2.05, 4.69) is 5.32 Å². The molecule has 5 N–H and O–H groups in total. The van der Waals surface area contributed by atoms with Gasteiger partial charge in [0, 0.05) is 12.1 Å². The largest absolute Gasteiger partial charge is 0.495 e. The Kier molecular flexibility index (Phi) is 4.50. The van der Waals surface area contributed by atoms with E-state index < -0.39 is 11.3 Å². The zero-order valence-electron chi connectivity index (χ0n) is 11.3. The molecule has 1 rings (SSSR count). The van der Waals surface area contributed by atoms with E-state index in [0.29, 0.717) is 17.0 Å². The van der Waals surface area contributed by atoms with Crippen LogP contribution in [0.15, 0.2) is 18.2 Å². The molecular weight excluding hydrogens is 246 g/mol. The van der Waals surface area contributed by atoms with Gasteiger partial charge < -0.3 is 21.5 Å². The van der Waals surface area contributed by atoms with Crippen LogP contribution in [0.4, 0.5) is 5.69 Å². The fourth-order valence-corrected chi connectivity index (χ4v) is 1.34. The molecule has 1 aromatic carbocycles. The molecule has 0 unspecified atom stereocenters. The molecule has 0 radical (unpaired) electrons. The van der Waals surface area contributed by atoms with Gasteiger partial charge in [0.1, 0.15) is 5.75 Å². The number of primary amides is 1. The van der Waals surface area contributed by atoms with E-state index in [4.69, 9.17) is 16.2 Å². The van der Waals surface area contributed by atoms with Crippen LogP contribution in [0.2, 0.25) is 0 Å². The number of ether oxygens (including phenoxy) is 1. The van der Waals surface area contributed by atoms with Crippen molar-refractivity contribution in [1.82, 2.24) is 0 Å². The lowest BCUT2D eigenvalue weighted by Gasteiger charge is -2.22. The summed E-state index contributed by atoms with van der Waals surface area (Å²) in [5.41, 5.74) is 10.7. The smallest absolute Gasteiger partial charge is 0.248 e. The van der Waals surface area contributed by atoms with Crippen molar-refractivity contribution in [3.05, 3.63) is 23.8 Å². The minimum absolute atomic E-state index is 0.205. The number of rotatable bonds is 5. The van der Waals surface area contributed by atoms with Crippen molar-refractivity contribution in [3.8, 4) is 5.75 Å². The maximum Gasteiger partial charge on any atom is 0.248 e. The minimum Gasteiger partial charge on any atom is -0.495 e. The number of carbonyl (C=O) groups excluding carboxylic acids is 2. The van der Waals surface area contributed by atoms with Gasteiger partial charge in [-0.15, -0.1) is 0 Å². The number of nitrogens with one attached hydrogen (secondary N) is 1. The van der Waals surface area contributed by atoms with Crippen LogP contribution in [0.5, 0.6) is 5.75 Å². The maximum atomic E-state index is 12.1. The second-order valence-electron chi connectivity index (χ2n) is 4.82. The van der Waals surface area contributed by atoms with Gasteiger partial charge in [0.25, 0.3) is 0 Å². The van der Waals surface area contributed by atoms with Crippen LogP contribution in [0.1, 0.15) is 24.2 Å². The summed E-state index contributed by atoms with van der Waals surface area (Å²) in [5.74, 6) is -0.377. The van der Waals surface area contributed by atoms with Gasteiger partial charge in [0.05, 0.1) is 18.2 Å². The van der Waals surface area contributed by atoms with Gasteiger partial charge in [-0.05, 0) is 32.0 Å². The summed E-state index contributed by atoms with van der Waals surface area (Å²) in [6, 6.07) is 4.59. The van der Waals surface area contributed by atoms with E-state index in [1.54, 1.807) is 19.9 Å². The summed E-state index contributed by atoms with van der Waals surface area (Å²) in [5, 5.41) is 2.70. The van der Waals surface area contributed by atoms with E-state index >= 15 is 0 Å². The molecule has 0 aliphatic rings. The molecule has 0 aliphatic heterocycles. The number of amides is 2.